The number of carboxylic acids is 1. The van der Waals surface area contributed by atoms with Crippen molar-refractivity contribution in [3.05, 3.63) is 0 Å². The quantitative estimate of drug-likeness (QED) is 0.560. The number of nitrogens with one attached hydrogen (secondary N) is 2. The molecule has 0 bridgehead atoms. The fraction of sp³-hybridized carbons (Fsp3) is 0.786. The molecule has 7 heteroatoms. The molecule has 21 heavy (non-hydrogen) atoms. The van der Waals surface area contributed by atoms with Crippen LogP contribution >= 0.6 is 0 Å². The molecular weight excluding hydrogens is 276 g/mol. The van der Waals surface area contributed by atoms with Crippen molar-refractivity contribution >= 4 is 18.0 Å². The van der Waals surface area contributed by atoms with Crippen molar-refractivity contribution in [1.29, 1.82) is 0 Å². The third-order valence-corrected chi connectivity index (χ3v) is 2.95. The number of esters is 1. The van der Waals surface area contributed by atoms with E-state index >= 15 is 0 Å². The average molecular weight is 302 g/mol. The molecule has 0 radical (unpaired) electrons. The van der Waals surface area contributed by atoms with E-state index in [1.807, 2.05) is 20.8 Å². The molecule has 2 atom stereocenters. The number of carboxylic acid groups (broad SMARTS) is 1. The Balaban J connectivity index is 4.58. The Hall–Kier alpha value is -1.79. The Bertz CT molecular complexity index is 357. The number of urea groups is 1. The van der Waals surface area contributed by atoms with Crippen molar-refractivity contribution in [2.24, 2.45) is 5.92 Å². The summed E-state index contributed by atoms with van der Waals surface area (Å²) in [5, 5.41) is 13.9. The van der Waals surface area contributed by atoms with Gasteiger partial charge in [0.05, 0.1) is 7.11 Å². The number of carbonyl (C=O) groups excluding carboxylic acids is 2. The molecule has 0 saturated heterocycles. The summed E-state index contributed by atoms with van der Waals surface area (Å²) in [6.45, 7) is 5.77. The van der Waals surface area contributed by atoms with Gasteiger partial charge in [-0.3, -0.25) is 0 Å². The fourth-order valence-corrected chi connectivity index (χ4v) is 1.85. The van der Waals surface area contributed by atoms with E-state index in [1.165, 1.54) is 7.11 Å². The van der Waals surface area contributed by atoms with Gasteiger partial charge in [-0.05, 0) is 18.8 Å². The van der Waals surface area contributed by atoms with Crippen molar-refractivity contribution in [2.75, 3.05) is 7.11 Å². The van der Waals surface area contributed by atoms with Crippen LogP contribution in [-0.4, -0.2) is 42.3 Å². The topological polar surface area (TPSA) is 105 Å². The molecule has 3 N–H and O–H groups in total. The standard InChI is InChI=1S/C14H26N2O5/c1-5-6-7-10(12(17)18)15-14(20)16-11(8-9(2)3)13(19)21-4/h9-11H,5-8H2,1-4H3,(H,17,18)(H2,15,16,20)/t10-,11?/m0/s1. The van der Waals surface area contributed by atoms with E-state index in [0.717, 1.165) is 6.42 Å². The maximum atomic E-state index is 11.8. The van der Waals surface area contributed by atoms with Gasteiger partial charge in [-0.25, -0.2) is 14.4 Å². The Labute approximate surface area is 125 Å². The molecule has 2 amide bonds. The van der Waals surface area contributed by atoms with Crippen LogP contribution in [0.1, 0.15) is 46.5 Å². The second-order valence-electron chi connectivity index (χ2n) is 5.36. The van der Waals surface area contributed by atoms with E-state index < -0.39 is 30.1 Å². The van der Waals surface area contributed by atoms with Crippen LogP contribution < -0.4 is 10.6 Å². The molecule has 0 aliphatic heterocycles. The van der Waals surface area contributed by atoms with Gasteiger partial charge < -0.3 is 20.5 Å². The van der Waals surface area contributed by atoms with Gasteiger partial charge in [0, 0.05) is 0 Å². The summed E-state index contributed by atoms with van der Waals surface area (Å²) >= 11 is 0. The SMILES string of the molecule is CCCC[C@H](NC(=O)NC(CC(C)C)C(=O)OC)C(=O)O. The van der Waals surface area contributed by atoms with E-state index in [-0.39, 0.29) is 5.92 Å². The highest BCUT2D eigenvalue weighted by Gasteiger charge is 2.25. The third-order valence-electron chi connectivity index (χ3n) is 2.95. The van der Waals surface area contributed by atoms with Crippen molar-refractivity contribution < 1.29 is 24.2 Å². The van der Waals surface area contributed by atoms with Crippen molar-refractivity contribution in [2.45, 2.75) is 58.5 Å². The Kier molecular flexibility index (Phi) is 9.16. The predicted octanol–water partition coefficient (Wildman–Crippen LogP) is 1.52. The molecule has 0 aromatic heterocycles. The minimum absolute atomic E-state index is 0.185. The summed E-state index contributed by atoms with van der Waals surface area (Å²) in [6, 6.07) is -2.41. The molecule has 0 aliphatic rings. The minimum Gasteiger partial charge on any atom is -0.480 e. The van der Waals surface area contributed by atoms with Crippen molar-refractivity contribution in [3.63, 3.8) is 0 Å². The van der Waals surface area contributed by atoms with Crippen molar-refractivity contribution in [1.82, 2.24) is 10.6 Å². The molecule has 122 valence electrons. The second kappa shape index (κ2) is 10.0. The molecule has 0 spiro atoms. The van der Waals surface area contributed by atoms with Gasteiger partial charge in [0.2, 0.25) is 0 Å². The highest BCUT2D eigenvalue weighted by molar-refractivity contribution is 5.86. The van der Waals surface area contributed by atoms with Crippen LogP contribution in [-0.2, 0) is 14.3 Å². The lowest BCUT2D eigenvalue weighted by Gasteiger charge is -2.20. The summed E-state index contributed by atoms with van der Waals surface area (Å²) < 4.78 is 4.63. The molecular formula is C14H26N2O5. The van der Waals surface area contributed by atoms with Gasteiger partial charge in [-0.2, -0.15) is 0 Å². The van der Waals surface area contributed by atoms with Crippen LogP contribution in [0.3, 0.4) is 0 Å². The van der Waals surface area contributed by atoms with Crippen LogP contribution in [0.25, 0.3) is 0 Å². The van der Waals surface area contributed by atoms with Crippen LogP contribution in [0.4, 0.5) is 4.79 Å². The number of unbranched alkanes of at least 4 members (excludes halogenated alkanes) is 1. The fourth-order valence-electron chi connectivity index (χ4n) is 1.85. The van der Waals surface area contributed by atoms with Crippen molar-refractivity contribution in [3.8, 4) is 0 Å². The molecule has 0 aromatic rings. The summed E-state index contributed by atoms with van der Waals surface area (Å²) in [5.74, 6) is -1.44. The molecule has 1 unspecified atom stereocenters. The largest absolute Gasteiger partial charge is 0.480 e. The molecule has 0 fully saturated rings. The van der Waals surface area contributed by atoms with Gasteiger partial charge >= 0.3 is 18.0 Å². The first kappa shape index (κ1) is 19.2. The van der Waals surface area contributed by atoms with Gasteiger partial charge in [-0.15, -0.1) is 0 Å². The number of aliphatic carboxylic acids is 1. The molecule has 0 saturated carbocycles. The summed E-state index contributed by atoms with van der Waals surface area (Å²) in [5.41, 5.74) is 0. The van der Waals surface area contributed by atoms with Crippen LogP contribution in [0.15, 0.2) is 0 Å². The molecule has 0 heterocycles. The van der Waals surface area contributed by atoms with Crippen LogP contribution in [0.5, 0.6) is 0 Å². The van der Waals surface area contributed by atoms with E-state index in [4.69, 9.17) is 5.11 Å². The number of ether oxygens (including phenoxy) is 1. The van der Waals surface area contributed by atoms with Gasteiger partial charge in [0.1, 0.15) is 12.1 Å². The zero-order valence-electron chi connectivity index (χ0n) is 13.1. The molecule has 0 rings (SSSR count). The lowest BCUT2D eigenvalue weighted by atomic mass is 10.0. The molecule has 7 nitrogen and oxygen atoms in total. The first-order chi connectivity index (χ1) is 9.81. The van der Waals surface area contributed by atoms with E-state index in [2.05, 4.69) is 15.4 Å². The van der Waals surface area contributed by atoms with Gasteiger partial charge in [-0.1, -0.05) is 33.6 Å². The Morgan fingerprint density at radius 1 is 1.14 bits per heavy atom. The van der Waals surface area contributed by atoms with Gasteiger partial charge in [0.25, 0.3) is 0 Å². The normalized spacial score (nSPS) is 13.4. The van der Waals surface area contributed by atoms with E-state index in [9.17, 15) is 14.4 Å². The first-order valence-electron chi connectivity index (χ1n) is 7.19. The third kappa shape index (κ3) is 8.16. The van der Waals surface area contributed by atoms with E-state index in [1.54, 1.807) is 0 Å². The number of carbonyl (C=O) groups is 3. The number of rotatable bonds is 9. The number of methoxy groups -OCH3 is 1. The summed E-state index contributed by atoms with van der Waals surface area (Å²) in [6.07, 6.45) is 2.31. The molecule has 0 aromatic carbocycles. The Morgan fingerprint density at radius 2 is 1.71 bits per heavy atom. The monoisotopic (exact) mass is 302 g/mol. The zero-order chi connectivity index (χ0) is 16.4. The highest BCUT2D eigenvalue weighted by atomic mass is 16.5. The van der Waals surface area contributed by atoms with Crippen LogP contribution in [0, 0.1) is 5.92 Å². The predicted molar refractivity (Wildman–Crippen MR) is 77.9 cm³/mol. The summed E-state index contributed by atoms with van der Waals surface area (Å²) in [7, 11) is 1.25. The van der Waals surface area contributed by atoms with Gasteiger partial charge in [0.15, 0.2) is 0 Å². The molecule has 0 aliphatic carbocycles. The maximum absolute atomic E-state index is 11.8. The maximum Gasteiger partial charge on any atom is 0.328 e. The minimum atomic E-state index is -1.09. The number of amides is 2. The van der Waals surface area contributed by atoms with E-state index in [0.29, 0.717) is 19.3 Å². The smallest absolute Gasteiger partial charge is 0.328 e. The first-order valence-corrected chi connectivity index (χ1v) is 7.19. The second-order valence-corrected chi connectivity index (χ2v) is 5.36. The lowest BCUT2D eigenvalue weighted by Crippen LogP contribution is -2.51. The lowest BCUT2D eigenvalue weighted by molar-refractivity contribution is -0.143. The zero-order valence-corrected chi connectivity index (χ0v) is 13.1. The Morgan fingerprint density at radius 3 is 2.14 bits per heavy atom. The van der Waals surface area contributed by atoms with Crippen LogP contribution in [0.2, 0.25) is 0 Å². The number of hydrogen-bond donors (Lipinski definition) is 3. The summed E-state index contributed by atoms with van der Waals surface area (Å²) in [4.78, 5) is 34.5. The highest BCUT2D eigenvalue weighted by Crippen LogP contribution is 2.06. The number of hydrogen-bond acceptors (Lipinski definition) is 4. The average Bonchev–Trinajstić information content (AvgIpc) is 2.40.